The van der Waals surface area contributed by atoms with E-state index < -0.39 is 34.6 Å². The minimum absolute atomic E-state index is 0.0307. The second-order valence-electron chi connectivity index (χ2n) is 18.9. The van der Waals surface area contributed by atoms with Gasteiger partial charge in [0, 0.05) is 100 Å². The summed E-state index contributed by atoms with van der Waals surface area (Å²) in [5.41, 5.74) is -2.09. The first kappa shape index (κ1) is 57.1. The number of hydrogen-bond donors (Lipinski definition) is 3. The quantitative estimate of drug-likeness (QED) is 0.0596. The minimum Gasteiger partial charge on any atom is -0.466 e. The number of rotatable bonds is 36. The van der Waals surface area contributed by atoms with Crippen molar-refractivity contribution in [2.24, 2.45) is 28.6 Å². The molecule has 3 N–H and O–H groups in total. The van der Waals surface area contributed by atoms with E-state index in [1.54, 1.807) is 27.7 Å². The van der Waals surface area contributed by atoms with E-state index in [0.717, 1.165) is 64.7 Å². The van der Waals surface area contributed by atoms with Gasteiger partial charge < -0.3 is 40.3 Å². The third kappa shape index (κ3) is 25.7. The van der Waals surface area contributed by atoms with Crippen LogP contribution in [0.2, 0.25) is 0 Å². The van der Waals surface area contributed by atoms with Gasteiger partial charge in [-0.25, -0.2) is 0 Å². The minimum atomic E-state index is -1.06. The summed E-state index contributed by atoms with van der Waals surface area (Å²) in [6, 6.07) is 0. The number of ether oxygens (including phenoxy) is 1. The van der Waals surface area contributed by atoms with Crippen molar-refractivity contribution < 1.29 is 33.5 Å². The highest BCUT2D eigenvalue weighted by atomic mass is 16.5. The van der Waals surface area contributed by atoms with E-state index >= 15 is 0 Å². The molecule has 0 aromatic rings. The van der Waals surface area contributed by atoms with Crippen LogP contribution in [0.5, 0.6) is 0 Å². The van der Waals surface area contributed by atoms with Crippen LogP contribution in [0.4, 0.5) is 0 Å². The number of hydrogen-bond acceptors (Lipinski definition) is 11. The molecule has 3 unspecified atom stereocenters. The average molecular weight is 852 g/mol. The highest BCUT2D eigenvalue weighted by molar-refractivity contribution is 5.93. The van der Waals surface area contributed by atoms with Crippen molar-refractivity contribution in [1.29, 1.82) is 0 Å². The summed E-state index contributed by atoms with van der Waals surface area (Å²) >= 11 is 0. The van der Waals surface area contributed by atoms with Crippen molar-refractivity contribution in [3.8, 4) is 0 Å². The number of ketones is 2. The van der Waals surface area contributed by atoms with E-state index in [0.29, 0.717) is 45.8 Å². The fourth-order valence-corrected chi connectivity index (χ4v) is 7.11. The van der Waals surface area contributed by atoms with E-state index in [2.05, 4.69) is 42.5 Å². The first-order chi connectivity index (χ1) is 28.1. The molecule has 0 heterocycles. The molecular formula is C46H89N7O7. The van der Waals surface area contributed by atoms with Gasteiger partial charge in [0.25, 0.3) is 0 Å². The fraction of sp³-hybridized carbons (Fsp3) is 0.870. The van der Waals surface area contributed by atoms with Gasteiger partial charge in [0.05, 0.1) is 13.0 Å². The Labute approximate surface area is 365 Å². The molecule has 0 fully saturated rings. The highest BCUT2D eigenvalue weighted by Crippen LogP contribution is 2.37. The molecule has 0 rings (SSSR count). The number of likely N-dealkylation sites (N-methyl/N-ethyl adjacent to an activating group) is 4. The molecule has 3 atom stereocenters. The van der Waals surface area contributed by atoms with Gasteiger partial charge in [-0.1, -0.05) is 74.1 Å². The summed E-state index contributed by atoms with van der Waals surface area (Å²) in [7, 11) is 12.0. The number of Topliss-reactive ketones (excluding diaryl/α,β-unsaturated/α-hetero) is 2. The lowest BCUT2D eigenvalue weighted by Crippen LogP contribution is -2.43. The Morgan fingerprint density at radius 1 is 0.533 bits per heavy atom. The zero-order valence-electron chi connectivity index (χ0n) is 40.4. The van der Waals surface area contributed by atoms with Crippen LogP contribution in [0.25, 0.3) is 0 Å². The van der Waals surface area contributed by atoms with Crippen molar-refractivity contribution in [3.05, 3.63) is 0 Å². The van der Waals surface area contributed by atoms with Crippen LogP contribution in [0.1, 0.15) is 126 Å². The highest BCUT2D eigenvalue weighted by Gasteiger charge is 2.41. The largest absolute Gasteiger partial charge is 0.466 e. The first-order valence-corrected chi connectivity index (χ1v) is 22.8. The molecule has 14 heteroatoms. The number of nitrogens with zero attached hydrogens (tertiary/aromatic N) is 4. The standard InChI is InChI=1S/C46H89N7O7/c1-14-17-19-20-30-60-41(56)33-36(16-3)42(57)46(6,7)35-37(43(58)49-23-25-53(13)29-27-51(10)11)31-39(54)45(4,5)34-38(44(59)48-21-18-15-2)32-40(55)47-22-24-52(12)28-26-50(8)9/h36-38H,14-35H2,1-13H3,(H,47,55)(H,48,59)(H,49,58). The zero-order valence-corrected chi connectivity index (χ0v) is 40.4. The maximum absolute atomic E-state index is 14.3. The summed E-state index contributed by atoms with van der Waals surface area (Å²) < 4.78 is 5.47. The summed E-state index contributed by atoms with van der Waals surface area (Å²) in [6.45, 7) is 19.4. The molecule has 350 valence electrons. The number of carbonyl (C=O) groups excluding carboxylic acids is 6. The molecule has 3 amide bonds. The molecule has 14 nitrogen and oxygen atoms in total. The molecule has 0 aliphatic carbocycles. The number of nitrogens with one attached hydrogen (secondary N) is 3. The van der Waals surface area contributed by atoms with Gasteiger partial charge >= 0.3 is 5.97 Å². The van der Waals surface area contributed by atoms with Gasteiger partial charge in [-0.2, -0.15) is 0 Å². The maximum Gasteiger partial charge on any atom is 0.306 e. The predicted octanol–water partition coefficient (Wildman–Crippen LogP) is 4.65. The Hall–Kier alpha value is -2.94. The van der Waals surface area contributed by atoms with E-state index in [4.69, 9.17) is 4.74 Å². The molecule has 0 saturated carbocycles. The molecule has 0 radical (unpaired) electrons. The normalized spacial score (nSPS) is 13.7. The Kier molecular flexibility index (Phi) is 29.5. The summed E-state index contributed by atoms with van der Waals surface area (Å²) in [5, 5.41) is 8.96. The van der Waals surface area contributed by atoms with Gasteiger partial charge in [-0.15, -0.1) is 0 Å². The average Bonchev–Trinajstić information content (AvgIpc) is 3.17. The van der Waals surface area contributed by atoms with E-state index in [1.807, 2.05) is 56.1 Å². The van der Waals surface area contributed by atoms with Crippen LogP contribution >= 0.6 is 0 Å². The Morgan fingerprint density at radius 3 is 1.55 bits per heavy atom. The molecule has 0 aromatic carbocycles. The monoisotopic (exact) mass is 852 g/mol. The summed E-state index contributed by atoms with van der Waals surface area (Å²) in [4.78, 5) is 90.4. The topological polar surface area (TPSA) is 161 Å². The van der Waals surface area contributed by atoms with Crippen molar-refractivity contribution in [2.75, 3.05) is 108 Å². The third-order valence-electron chi connectivity index (χ3n) is 11.4. The van der Waals surface area contributed by atoms with Gasteiger partial charge in [0.15, 0.2) is 0 Å². The molecule has 0 bridgehead atoms. The van der Waals surface area contributed by atoms with Gasteiger partial charge in [0.1, 0.15) is 11.6 Å². The molecule has 0 aromatic heterocycles. The lowest BCUT2D eigenvalue weighted by molar-refractivity contribution is -0.148. The Morgan fingerprint density at radius 2 is 1.03 bits per heavy atom. The van der Waals surface area contributed by atoms with Crippen molar-refractivity contribution in [2.45, 2.75) is 126 Å². The SMILES string of the molecule is CCCCCCOC(=O)CC(CC)C(=O)C(C)(C)CC(CC(=O)C(C)(C)CC(CC(=O)NCCN(C)CCN(C)C)C(=O)NCCCC)C(=O)NCCN(C)CCN(C)C. The van der Waals surface area contributed by atoms with Crippen LogP contribution in [0.3, 0.4) is 0 Å². The predicted molar refractivity (Wildman–Crippen MR) is 243 cm³/mol. The smallest absolute Gasteiger partial charge is 0.306 e. The molecule has 0 aliphatic rings. The van der Waals surface area contributed by atoms with Crippen LogP contribution in [-0.2, 0) is 33.5 Å². The number of unbranched alkanes of at least 4 members (excludes halogenated alkanes) is 4. The Bertz CT molecular complexity index is 1270. The fourth-order valence-electron chi connectivity index (χ4n) is 7.11. The van der Waals surface area contributed by atoms with Gasteiger partial charge in [0.2, 0.25) is 17.7 Å². The molecular weight excluding hydrogens is 763 g/mol. The van der Waals surface area contributed by atoms with Crippen molar-refractivity contribution in [3.63, 3.8) is 0 Å². The second-order valence-corrected chi connectivity index (χ2v) is 18.9. The molecule has 0 aliphatic heterocycles. The van der Waals surface area contributed by atoms with E-state index in [-0.39, 0.29) is 61.4 Å². The summed E-state index contributed by atoms with van der Waals surface area (Å²) in [6.07, 6.45) is 6.04. The maximum atomic E-state index is 14.3. The van der Waals surface area contributed by atoms with Crippen LogP contribution in [0.15, 0.2) is 0 Å². The second kappa shape index (κ2) is 31.0. The lowest BCUT2D eigenvalue weighted by Gasteiger charge is -2.33. The number of carbonyl (C=O) groups is 6. The third-order valence-corrected chi connectivity index (χ3v) is 11.4. The van der Waals surface area contributed by atoms with Crippen LogP contribution < -0.4 is 16.0 Å². The van der Waals surface area contributed by atoms with E-state index in [1.165, 1.54) is 0 Å². The van der Waals surface area contributed by atoms with Crippen LogP contribution in [0, 0.1) is 28.6 Å². The van der Waals surface area contributed by atoms with Gasteiger partial charge in [-0.3, -0.25) is 28.8 Å². The molecule has 0 saturated heterocycles. The number of esters is 1. The van der Waals surface area contributed by atoms with Gasteiger partial charge in [-0.05, 0) is 74.4 Å². The van der Waals surface area contributed by atoms with Crippen LogP contribution in [-0.4, -0.2) is 163 Å². The van der Waals surface area contributed by atoms with Crippen molar-refractivity contribution >= 4 is 35.3 Å². The first-order valence-electron chi connectivity index (χ1n) is 22.8. The lowest BCUT2D eigenvalue weighted by atomic mass is 9.70. The molecule has 0 spiro atoms. The van der Waals surface area contributed by atoms with E-state index in [9.17, 15) is 28.8 Å². The Balaban J connectivity index is 6.18. The summed E-state index contributed by atoms with van der Waals surface area (Å²) in [5.74, 6) is -3.78. The number of amides is 3. The van der Waals surface area contributed by atoms with Crippen molar-refractivity contribution in [1.82, 2.24) is 35.6 Å². The molecule has 60 heavy (non-hydrogen) atoms. The zero-order chi connectivity index (χ0) is 45.9.